The summed E-state index contributed by atoms with van der Waals surface area (Å²) in [4.78, 5) is 0. The van der Waals surface area contributed by atoms with Crippen LogP contribution in [0, 0.1) is 5.92 Å². The molecule has 66 valence electrons. The van der Waals surface area contributed by atoms with E-state index < -0.39 is 0 Å². The van der Waals surface area contributed by atoms with Crippen LogP contribution in [0.1, 0.15) is 26.2 Å². The van der Waals surface area contributed by atoms with Gasteiger partial charge in [0.15, 0.2) is 0 Å². The molecule has 2 nitrogen and oxygen atoms in total. The maximum absolute atomic E-state index is 5.32. The fourth-order valence-corrected chi connectivity index (χ4v) is 1.02. The van der Waals surface area contributed by atoms with Crippen LogP contribution < -0.4 is 5.32 Å². The second kappa shape index (κ2) is 5.56. The molecule has 0 radical (unpaired) electrons. The van der Waals surface area contributed by atoms with Crippen LogP contribution in [0.25, 0.3) is 0 Å². The molecular formula is C9H19NO. The molecule has 0 aromatic carbocycles. The van der Waals surface area contributed by atoms with E-state index in [9.17, 15) is 0 Å². The van der Waals surface area contributed by atoms with Gasteiger partial charge < -0.3 is 10.1 Å². The van der Waals surface area contributed by atoms with Crippen molar-refractivity contribution >= 4 is 0 Å². The highest BCUT2D eigenvalue weighted by Crippen LogP contribution is 2.27. The first-order valence-corrected chi connectivity index (χ1v) is 4.72. The minimum absolute atomic E-state index is 0.876. The van der Waals surface area contributed by atoms with Gasteiger partial charge in [-0.2, -0.15) is 0 Å². The third kappa shape index (κ3) is 5.22. The highest BCUT2D eigenvalue weighted by Gasteiger charge is 2.19. The first kappa shape index (κ1) is 9.01. The Hall–Kier alpha value is -0.0800. The van der Waals surface area contributed by atoms with E-state index in [0.717, 1.165) is 32.1 Å². The molecule has 0 atom stereocenters. The summed E-state index contributed by atoms with van der Waals surface area (Å²) in [6, 6.07) is 0. The van der Waals surface area contributed by atoms with Crippen LogP contribution >= 0.6 is 0 Å². The second-order valence-corrected chi connectivity index (χ2v) is 3.26. The van der Waals surface area contributed by atoms with E-state index in [-0.39, 0.29) is 0 Å². The van der Waals surface area contributed by atoms with E-state index in [0.29, 0.717) is 0 Å². The van der Waals surface area contributed by atoms with Crippen LogP contribution in [-0.4, -0.2) is 26.3 Å². The molecule has 0 unspecified atom stereocenters. The van der Waals surface area contributed by atoms with Crippen molar-refractivity contribution < 1.29 is 4.74 Å². The molecule has 0 bridgehead atoms. The van der Waals surface area contributed by atoms with E-state index in [1.165, 1.54) is 19.4 Å². The Morgan fingerprint density at radius 1 is 1.36 bits per heavy atom. The summed E-state index contributed by atoms with van der Waals surface area (Å²) in [5.41, 5.74) is 0. The Bertz CT molecular complexity index is 91.6. The van der Waals surface area contributed by atoms with Crippen molar-refractivity contribution in [3.05, 3.63) is 0 Å². The minimum Gasteiger partial charge on any atom is -0.380 e. The summed E-state index contributed by atoms with van der Waals surface area (Å²) >= 11 is 0. The summed E-state index contributed by atoms with van der Waals surface area (Å²) in [5, 5.41) is 3.38. The third-order valence-corrected chi connectivity index (χ3v) is 1.90. The zero-order chi connectivity index (χ0) is 7.94. The van der Waals surface area contributed by atoms with Crippen molar-refractivity contribution in [2.45, 2.75) is 26.2 Å². The first-order chi connectivity index (χ1) is 5.43. The smallest absolute Gasteiger partial charge is 0.0590 e. The Labute approximate surface area is 69.3 Å². The van der Waals surface area contributed by atoms with E-state index in [4.69, 9.17) is 4.74 Å². The largest absolute Gasteiger partial charge is 0.380 e. The summed E-state index contributed by atoms with van der Waals surface area (Å²) in [6.07, 6.45) is 3.99. The number of hydrogen-bond acceptors (Lipinski definition) is 2. The van der Waals surface area contributed by atoms with E-state index in [1.807, 2.05) is 0 Å². The van der Waals surface area contributed by atoms with Crippen molar-refractivity contribution in [1.29, 1.82) is 0 Å². The summed E-state index contributed by atoms with van der Waals surface area (Å²) in [6.45, 7) is 6.15. The van der Waals surface area contributed by atoms with Crippen molar-refractivity contribution in [1.82, 2.24) is 5.32 Å². The van der Waals surface area contributed by atoms with Gasteiger partial charge in [0.1, 0.15) is 0 Å². The molecular weight excluding hydrogens is 138 g/mol. The second-order valence-electron chi connectivity index (χ2n) is 3.26. The van der Waals surface area contributed by atoms with E-state index in [1.54, 1.807) is 0 Å². The molecule has 11 heavy (non-hydrogen) atoms. The predicted molar refractivity (Wildman–Crippen MR) is 46.7 cm³/mol. The van der Waals surface area contributed by atoms with Crippen LogP contribution in [0.3, 0.4) is 0 Å². The molecule has 0 heterocycles. The molecule has 0 amide bonds. The van der Waals surface area contributed by atoms with Gasteiger partial charge in [0.2, 0.25) is 0 Å². The lowest BCUT2D eigenvalue weighted by atomic mass is 10.4. The van der Waals surface area contributed by atoms with Gasteiger partial charge in [0.25, 0.3) is 0 Å². The lowest BCUT2D eigenvalue weighted by Crippen LogP contribution is -2.22. The Morgan fingerprint density at radius 2 is 2.18 bits per heavy atom. The normalized spacial score (nSPS) is 17.2. The van der Waals surface area contributed by atoms with Crippen molar-refractivity contribution in [3.63, 3.8) is 0 Å². The molecule has 0 saturated heterocycles. The van der Waals surface area contributed by atoms with Gasteiger partial charge in [0.05, 0.1) is 6.61 Å². The zero-order valence-corrected chi connectivity index (χ0v) is 7.44. The topological polar surface area (TPSA) is 21.3 Å². The Balaban J connectivity index is 1.66. The third-order valence-electron chi connectivity index (χ3n) is 1.90. The molecule has 1 saturated carbocycles. The fourth-order valence-electron chi connectivity index (χ4n) is 1.02. The number of ether oxygens (including phenoxy) is 1. The predicted octanol–water partition coefficient (Wildman–Crippen LogP) is 1.41. The van der Waals surface area contributed by atoms with E-state index in [2.05, 4.69) is 12.2 Å². The van der Waals surface area contributed by atoms with Crippen LogP contribution in [0.2, 0.25) is 0 Å². The van der Waals surface area contributed by atoms with Crippen molar-refractivity contribution in [2.24, 2.45) is 5.92 Å². The molecule has 1 fully saturated rings. The number of hydrogen-bond donors (Lipinski definition) is 1. The van der Waals surface area contributed by atoms with Crippen molar-refractivity contribution in [3.8, 4) is 0 Å². The zero-order valence-electron chi connectivity index (χ0n) is 7.44. The van der Waals surface area contributed by atoms with Crippen LogP contribution in [0.15, 0.2) is 0 Å². The summed E-state index contributed by atoms with van der Waals surface area (Å²) in [7, 11) is 0. The van der Waals surface area contributed by atoms with Crippen LogP contribution in [-0.2, 0) is 4.74 Å². The summed E-state index contributed by atoms with van der Waals surface area (Å²) in [5.74, 6) is 0.987. The monoisotopic (exact) mass is 157 g/mol. The highest BCUT2D eigenvalue weighted by molar-refractivity contribution is 4.74. The van der Waals surface area contributed by atoms with Crippen LogP contribution in [0.4, 0.5) is 0 Å². The Kier molecular flexibility index (Phi) is 4.55. The van der Waals surface area contributed by atoms with Gasteiger partial charge in [-0.15, -0.1) is 0 Å². The van der Waals surface area contributed by atoms with Gasteiger partial charge in [-0.1, -0.05) is 6.92 Å². The molecule has 2 heteroatoms. The van der Waals surface area contributed by atoms with Crippen molar-refractivity contribution in [2.75, 3.05) is 26.3 Å². The molecule has 1 aliphatic rings. The highest BCUT2D eigenvalue weighted by atomic mass is 16.5. The lowest BCUT2D eigenvalue weighted by molar-refractivity contribution is 0.136. The molecule has 0 aliphatic heterocycles. The summed E-state index contributed by atoms with van der Waals surface area (Å²) < 4.78 is 5.32. The molecule has 1 aliphatic carbocycles. The minimum atomic E-state index is 0.876. The van der Waals surface area contributed by atoms with E-state index >= 15 is 0 Å². The van der Waals surface area contributed by atoms with Crippen LogP contribution in [0.5, 0.6) is 0 Å². The first-order valence-electron chi connectivity index (χ1n) is 4.72. The standard InChI is InChI=1S/C9H19NO/c1-2-6-11-7-5-10-8-9-3-4-9/h9-10H,2-8H2,1H3. The number of nitrogens with one attached hydrogen (secondary N) is 1. The quantitative estimate of drug-likeness (QED) is 0.564. The lowest BCUT2D eigenvalue weighted by Gasteiger charge is -2.03. The molecule has 1 N–H and O–H groups in total. The average molecular weight is 157 g/mol. The van der Waals surface area contributed by atoms with Gasteiger partial charge >= 0.3 is 0 Å². The maximum atomic E-state index is 5.32. The molecule has 1 rings (SSSR count). The molecule has 0 aromatic heterocycles. The fraction of sp³-hybridized carbons (Fsp3) is 1.00. The van der Waals surface area contributed by atoms with Gasteiger partial charge in [-0.05, 0) is 31.7 Å². The maximum Gasteiger partial charge on any atom is 0.0590 e. The molecule has 0 spiro atoms. The Morgan fingerprint density at radius 3 is 2.82 bits per heavy atom. The SMILES string of the molecule is CCCOCCNCC1CC1. The number of rotatable bonds is 7. The van der Waals surface area contributed by atoms with Gasteiger partial charge in [0, 0.05) is 13.2 Å². The average Bonchev–Trinajstić information content (AvgIpc) is 2.80. The molecule has 0 aromatic rings. The van der Waals surface area contributed by atoms with Gasteiger partial charge in [-0.3, -0.25) is 0 Å². The van der Waals surface area contributed by atoms with Gasteiger partial charge in [-0.25, -0.2) is 0 Å².